The molecule has 2 N–H and O–H groups in total. The van der Waals surface area contributed by atoms with Crippen molar-refractivity contribution < 1.29 is 13.2 Å². The first-order valence-electron chi connectivity index (χ1n) is 4.57. The molecular weight excluding hydrogens is 233 g/mol. The highest BCUT2D eigenvalue weighted by Gasteiger charge is 2.33. The maximum absolute atomic E-state index is 12.7. The van der Waals surface area contributed by atoms with Gasteiger partial charge in [0.2, 0.25) is 0 Å². The van der Waals surface area contributed by atoms with Crippen molar-refractivity contribution in [3.8, 4) is 11.3 Å². The Bertz CT molecular complexity index is 539. The molecule has 2 aromatic rings. The zero-order valence-corrected chi connectivity index (χ0v) is 8.44. The Morgan fingerprint density at radius 3 is 2.59 bits per heavy atom. The summed E-state index contributed by atoms with van der Waals surface area (Å²) in [6.07, 6.45) is -1.17. The summed E-state index contributed by atoms with van der Waals surface area (Å²) in [5.41, 5.74) is 4.58. The highest BCUT2D eigenvalue weighted by atomic mass is 19.4. The molecule has 17 heavy (non-hydrogen) atoms. The van der Waals surface area contributed by atoms with E-state index in [1.807, 2.05) is 0 Å². The van der Waals surface area contributed by atoms with Crippen molar-refractivity contribution in [2.45, 2.75) is 6.18 Å². The summed E-state index contributed by atoms with van der Waals surface area (Å²) in [7, 11) is 0. The molecule has 0 aliphatic rings. The van der Waals surface area contributed by atoms with Crippen molar-refractivity contribution in [1.82, 2.24) is 15.0 Å². The summed E-state index contributed by atoms with van der Waals surface area (Å²) >= 11 is 0. The maximum Gasteiger partial charge on any atom is 0.417 e. The second kappa shape index (κ2) is 4.00. The van der Waals surface area contributed by atoms with Crippen LogP contribution < -0.4 is 5.73 Å². The van der Waals surface area contributed by atoms with E-state index in [0.29, 0.717) is 0 Å². The van der Waals surface area contributed by atoms with Gasteiger partial charge in [0.25, 0.3) is 0 Å². The largest absolute Gasteiger partial charge is 0.417 e. The van der Waals surface area contributed by atoms with Crippen molar-refractivity contribution in [2.24, 2.45) is 0 Å². The predicted octanol–water partition coefficient (Wildman–Crippen LogP) is 2.14. The Kier molecular flexibility index (Phi) is 2.66. The van der Waals surface area contributed by atoms with Crippen LogP contribution in [0.1, 0.15) is 5.56 Å². The van der Waals surface area contributed by atoms with Gasteiger partial charge in [-0.3, -0.25) is 4.98 Å². The van der Waals surface area contributed by atoms with Gasteiger partial charge < -0.3 is 5.73 Å². The molecule has 7 heteroatoms. The highest BCUT2D eigenvalue weighted by Crippen LogP contribution is 2.35. The molecular formula is C10H7F3N4. The molecule has 0 aliphatic carbocycles. The van der Waals surface area contributed by atoms with Crippen molar-refractivity contribution in [1.29, 1.82) is 0 Å². The number of anilines is 1. The van der Waals surface area contributed by atoms with E-state index in [4.69, 9.17) is 5.73 Å². The van der Waals surface area contributed by atoms with Crippen LogP contribution in [0.2, 0.25) is 0 Å². The summed E-state index contributed by atoms with van der Waals surface area (Å²) in [5.74, 6) is 0.104. The van der Waals surface area contributed by atoms with Gasteiger partial charge in [0.15, 0.2) is 0 Å². The predicted molar refractivity (Wildman–Crippen MR) is 54.7 cm³/mol. The van der Waals surface area contributed by atoms with Crippen molar-refractivity contribution >= 4 is 5.82 Å². The summed E-state index contributed by atoms with van der Waals surface area (Å²) in [4.78, 5) is 11.0. The number of alkyl halides is 3. The molecule has 0 unspecified atom stereocenters. The fraction of sp³-hybridized carbons (Fsp3) is 0.100. The molecule has 0 saturated heterocycles. The zero-order valence-electron chi connectivity index (χ0n) is 8.44. The van der Waals surface area contributed by atoms with Crippen LogP contribution >= 0.6 is 0 Å². The molecule has 0 aromatic carbocycles. The fourth-order valence-corrected chi connectivity index (χ4v) is 1.37. The first kappa shape index (κ1) is 11.3. The molecule has 0 spiro atoms. The van der Waals surface area contributed by atoms with Crippen LogP contribution in [0.3, 0.4) is 0 Å². The monoisotopic (exact) mass is 240 g/mol. The van der Waals surface area contributed by atoms with E-state index >= 15 is 0 Å². The van der Waals surface area contributed by atoms with Crippen LogP contribution in [0.4, 0.5) is 19.0 Å². The van der Waals surface area contributed by atoms with E-state index in [2.05, 4.69) is 15.0 Å². The number of nitrogens with zero attached hydrogens (tertiary/aromatic N) is 3. The van der Waals surface area contributed by atoms with E-state index in [0.717, 1.165) is 24.8 Å². The van der Waals surface area contributed by atoms with Crippen LogP contribution in [0.15, 0.2) is 30.9 Å². The molecule has 0 aliphatic heterocycles. The van der Waals surface area contributed by atoms with Crippen LogP contribution in [0, 0.1) is 0 Å². The van der Waals surface area contributed by atoms with Gasteiger partial charge in [0.05, 0.1) is 11.3 Å². The normalized spacial score (nSPS) is 11.5. The summed E-state index contributed by atoms with van der Waals surface area (Å²) in [6, 6.07) is 2.17. The molecule has 2 heterocycles. The van der Waals surface area contributed by atoms with Gasteiger partial charge in [-0.15, -0.1) is 0 Å². The van der Waals surface area contributed by atoms with E-state index < -0.39 is 11.7 Å². The summed E-state index contributed by atoms with van der Waals surface area (Å²) < 4.78 is 38.2. The van der Waals surface area contributed by atoms with Crippen LogP contribution in [-0.4, -0.2) is 15.0 Å². The number of aromatic nitrogens is 3. The van der Waals surface area contributed by atoms with Crippen LogP contribution in [-0.2, 0) is 6.18 Å². The van der Waals surface area contributed by atoms with Gasteiger partial charge in [-0.1, -0.05) is 0 Å². The minimum atomic E-state index is -4.46. The summed E-state index contributed by atoms with van der Waals surface area (Å²) in [5, 5.41) is 0. The lowest BCUT2D eigenvalue weighted by Crippen LogP contribution is -2.08. The van der Waals surface area contributed by atoms with E-state index in [1.54, 1.807) is 0 Å². The van der Waals surface area contributed by atoms with Crippen LogP contribution in [0.25, 0.3) is 11.3 Å². The third-order valence-corrected chi connectivity index (χ3v) is 2.09. The van der Waals surface area contributed by atoms with E-state index in [1.165, 1.54) is 6.07 Å². The molecule has 2 rings (SSSR count). The standard InChI is InChI=1S/C10H7F3N4/c11-10(12,13)7-1-2-15-4-6(7)8-3-9(14)17-5-16-8/h1-5H,(H2,14,16,17). The Morgan fingerprint density at radius 1 is 1.18 bits per heavy atom. The van der Waals surface area contributed by atoms with Gasteiger partial charge in [0, 0.05) is 24.0 Å². The molecule has 0 radical (unpaired) electrons. The van der Waals surface area contributed by atoms with Gasteiger partial charge in [-0.05, 0) is 6.07 Å². The van der Waals surface area contributed by atoms with E-state index in [-0.39, 0.29) is 17.1 Å². The minimum Gasteiger partial charge on any atom is -0.384 e. The lowest BCUT2D eigenvalue weighted by molar-refractivity contribution is -0.137. The molecule has 88 valence electrons. The molecule has 4 nitrogen and oxygen atoms in total. The average molecular weight is 240 g/mol. The second-order valence-corrected chi connectivity index (χ2v) is 3.25. The number of nitrogen functional groups attached to an aromatic ring is 1. The lowest BCUT2D eigenvalue weighted by Gasteiger charge is -2.11. The van der Waals surface area contributed by atoms with Crippen molar-refractivity contribution in [3.63, 3.8) is 0 Å². The van der Waals surface area contributed by atoms with Crippen molar-refractivity contribution in [2.75, 3.05) is 5.73 Å². The number of rotatable bonds is 1. The Labute approximate surface area is 94.3 Å². The summed E-state index contributed by atoms with van der Waals surface area (Å²) in [6.45, 7) is 0. The molecule has 0 amide bonds. The quantitative estimate of drug-likeness (QED) is 0.829. The number of pyridine rings is 1. The third kappa shape index (κ3) is 2.32. The van der Waals surface area contributed by atoms with E-state index in [9.17, 15) is 13.2 Å². The Morgan fingerprint density at radius 2 is 1.94 bits per heavy atom. The molecule has 0 fully saturated rings. The number of hydrogen-bond acceptors (Lipinski definition) is 4. The number of halogens is 3. The second-order valence-electron chi connectivity index (χ2n) is 3.25. The zero-order chi connectivity index (χ0) is 12.5. The Balaban J connectivity index is 2.60. The third-order valence-electron chi connectivity index (χ3n) is 2.09. The average Bonchev–Trinajstić information content (AvgIpc) is 2.28. The van der Waals surface area contributed by atoms with Gasteiger partial charge in [-0.25, -0.2) is 9.97 Å². The molecule has 0 atom stereocenters. The fourth-order valence-electron chi connectivity index (χ4n) is 1.37. The van der Waals surface area contributed by atoms with Gasteiger partial charge in [-0.2, -0.15) is 13.2 Å². The van der Waals surface area contributed by atoms with Gasteiger partial charge in [0.1, 0.15) is 12.1 Å². The van der Waals surface area contributed by atoms with Crippen LogP contribution in [0.5, 0.6) is 0 Å². The Hall–Kier alpha value is -2.18. The molecule has 2 aromatic heterocycles. The minimum absolute atomic E-state index is 0.0953. The number of nitrogens with two attached hydrogens (primary N) is 1. The first-order valence-corrected chi connectivity index (χ1v) is 4.57. The highest BCUT2D eigenvalue weighted by molar-refractivity contribution is 5.65. The number of hydrogen-bond donors (Lipinski definition) is 1. The molecule has 0 bridgehead atoms. The lowest BCUT2D eigenvalue weighted by atomic mass is 10.1. The smallest absolute Gasteiger partial charge is 0.384 e. The first-order chi connectivity index (χ1) is 7.98. The molecule has 0 saturated carbocycles. The van der Waals surface area contributed by atoms with Crippen molar-refractivity contribution in [3.05, 3.63) is 36.4 Å². The SMILES string of the molecule is Nc1cc(-c2cnccc2C(F)(F)F)ncn1. The maximum atomic E-state index is 12.7. The topological polar surface area (TPSA) is 64.7 Å². The van der Waals surface area contributed by atoms with Gasteiger partial charge >= 0.3 is 6.18 Å².